The lowest BCUT2D eigenvalue weighted by Crippen LogP contribution is -2.42. The van der Waals surface area contributed by atoms with Crippen molar-refractivity contribution >= 4 is 27.7 Å². The van der Waals surface area contributed by atoms with E-state index in [-0.39, 0.29) is 24.1 Å². The van der Waals surface area contributed by atoms with E-state index in [4.69, 9.17) is 9.47 Å². The first-order valence-electron chi connectivity index (χ1n) is 12.3. The van der Waals surface area contributed by atoms with Crippen LogP contribution in [0.1, 0.15) is 64.5 Å². The summed E-state index contributed by atoms with van der Waals surface area (Å²) in [5.41, 5.74) is 1.07. The molecule has 0 aromatic heterocycles. The van der Waals surface area contributed by atoms with Crippen molar-refractivity contribution in [3.8, 4) is 0 Å². The molecule has 0 radical (unpaired) electrons. The van der Waals surface area contributed by atoms with Crippen LogP contribution < -0.4 is 10.6 Å². The lowest BCUT2D eigenvalue weighted by atomic mass is 9.84. The third kappa shape index (κ3) is 6.40. The van der Waals surface area contributed by atoms with E-state index in [1.165, 1.54) is 6.07 Å². The highest BCUT2D eigenvalue weighted by molar-refractivity contribution is 9.10. The second kappa shape index (κ2) is 10.5. The van der Waals surface area contributed by atoms with Gasteiger partial charge in [0.05, 0.1) is 17.9 Å². The maximum Gasteiger partial charge on any atom is 0.410 e. The molecule has 0 saturated carbocycles. The zero-order valence-electron chi connectivity index (χ0n) is 20.0. The molecule has 2 fully saturated rings. The van der Waals surface area contributed by atoms with Crippen molar-refractivity contribution in [2.45, 2.75) is 70.7 Å². The first-order valence-corrected chi connectivity index (χ1v) is 13.1. The predicted octanol–water partition coefficient (Wildman–Crippen LogP) is 5.48. The van der Waals surface area contributed by atoms with E-state index >= 15 is 0 Å². The molecule has 6 nitrogen and oxygen atoms in total. The summed E-state index contributed by atoms with van der Waals surface area (Å²) in [5, 5.41) is 6.84. The van der Waals surface area contributed by atoms with Crippen LogP contribution in [0.5, 0.6) is 0 Å². The molecule has 3 unspecified atom stereocenters. The lowest BCUT2D eigenvalue weighted by molar-refractivity contribution is -0.0827. The number of piperidine rings is 1. The van der Waals surface area contributed by atoms with Gasteiger partial charge in [0.2, 0.25) is 0 Å². The molecule has 2 saturated heterocycles. The number of nitrogens with one attached hydrogen (secondary N) is 2. The molecule has 4 rings (SSSR count). The summed E-state index contributed by atoms with van der Waals surface area (Å²) in [4.78, 5) is 14.1. The van der Waals surface area contributed by atoms with E-state index in [9.17, 15) is 9.18 Å². The highest BCUT2D eigenvalue weighted by Gasteiger charge is 2.37. The van der Waals surface area contributed by atoms with Gasteiger partial charge in [-0.2, -0.15) is 0 Å². The zero-order valence-corrected chi connectivity index (χ0v) is 21.5. The molecule has 1 amide bonds. The largest absolute Gasteiger partial charge is 0.444 e. The summed E-state index contributed by atoms with van der Waals surface area (Å²) in [6.45, 7) is 9.78. The molecule has 0 spiro atoms. The molecule has 1 aromatic rings. The number of hydrogen-bond donors (Lipinski definition) is 2. The number of fused-ring (bicyclic) bond motifs is 3. The molecular formula is C25H37BrFN3O3. The smallest absolute Gasteiger partial charge is 0.410 e. The Kier molecular flexibility index (Phi) is 7.86. The van der Waals surface area contributed by atoms with Crippen molar-refractivity contribution in [3.63, 3.8) is 0 Å². The Hall–Kier alpha value is -1.38. The predicted molar refractivity (Wildman–Crippen MR) is 131 cm³/mol. The molecule has 3 atom stereocenters. The quantitative estimate of drug-likeness (QED) is 0.498. The number of carbonyl (C=O) groups excluding carboxylic acids is 1. The number of amides is 1. The summed E-state index contributed by atoms with van der Waals surface area (Å²) >= 11 is 3.42. The van der Waals surface area contributed by atoms with Gasteiger partial charge in [0.25, 0.3) is 0 Å². The maximum atomic E-state index is 14.4. The summed E-state index contributed by atoms with van der Waals surface area (Å²) in [6, 6.07) is 3.49. The van der Waals surface area contributed by atoms with Gasteiger partial charge in [-0.3, -0.25) is 0 Å². The van der Waals surface area contributed by atoms with Crippen LogP contribution in [0, 0.1) is 17.7 Å². The third-order valence-corrected chi connectivity index (χ3v) is 7.39. The topological polar surface area (TPSA) is 62.8 Å². The number of hydrogen-bond acceptors (Lipinski definition) is 5. The third-order valence-electron chi connectivity index (χ3n) is 6.93. The molecule has 2 N–H and O–H groups in total. The second-order valence-electron chi connectivity index (χ2n) is 10.7. The minimum absolute atomic E-state index is 0.0500. The normalized spacial score (nSPS) is 25.7. The van der Waals surface area contributed by atoms with Crippen molar-refractivity contribution in [1.29, 1.82) is 0 Å². The van der Waals surface area contributed by atoms with Gasteiger partial charge in [-0.05, 0) is 77.5 Å². The maximum absolute atomic E-state index is 14.4. The fourth-order valence-corrected chi connectivity index (χ4v) is 5.61. The number of benzene rings is 1. The molecule has 0 aliphatic carbocycles. The average molecular weight is 526 g/mol. The first kappa shape index (κ1) is 24.7. The van der Waals surface area contributed by atoms with E-state index in [1.807, 2.05) is 31.7 Å². The molecule has 0 bridgehead atoms. The average Bonchev–Trinajstić information content (AvgIpc) is 2.75. The van der Waals surface area contributed by atoms with Crippen molar-refractivity contribution < 1.29 is 18.7 Å². The fourth-order valence-electron chi connectivity index (χ4n) is 5.16. The Morgan fingerprint density at radius 3 is 2.76 bits per heavy atom. The fraction of sp³-hybridized carbons (Fsp3) is 0.720. The van der Waals surface area contributed by atoms with Gasteiger partial charge in [0.15, 0.2) is 0 Å². The standard InChI is InChI=1S/C25H37BrFN3O3/c1-25(2,3)33-24(31)30-10-7-16(8-11-30)6-9-28-15-19-5-4-17-14-29-22-20(23(17)32-19)12-18(26)13-21(22)27/h12-13,16-17,19,23,28-29H,4-11,14-15H2,1-3H3. The summed E-state index contributed by atoms with van der Waals surface area (Å²) in [7, 11) is 0. The monoisotopic (exact) mass is 525 g/mol. The molecule has 3 heterocycles. The highest BCUT2D eigenvalue weighted by atomic mass is 79.9. The van der Waals surface area contributed by atoms with Crippen LogP contribution in [0.3, 0.4) is 0 Å². The number of rotatable bonds is 5. The van der Waals surface area contributed by atoms with Crippen molar-refractivity contribution in [2.24, 2.45) is 11.8 Å². The van der Waals surface area contributed by atoms with Gasteiger partial charge in [0, 0.05) is 42.1 Å². The molecule has 33 heavy (non-hydrogen) atoms. The van der Waals surface area contributed by atoms with Crippen molar-refractivity contribution in [2.75, 3.05) is 38.0 Å². The van der Waals surface area contributed by atoms with Crippen LogP contribution in [0.2, 0.25) is 0 Å². The molecule has 1 aromatic carbocycles. The molecular weight excluding hydrogens is 489 g/mol. The molecule has 3 aliphatic rings. The lowest BCUT2D eigenvalue weighted by Gasteiger charge is -2.41. The SMILES string of the molecule is CC(C)(C)OC(=O)N1CCC(CCNCC2CCC3CNc4c(F)cc(Br)cc4C3O2)CC1. The van der Waals surface area contributed by atoms with Gasteiger partial charge < -0.3 is 25.0 Å². The highest BCUT2D eigenvalue weighted by Crippen LogP contribution is 2.44. The van der Waals surface area contributed by atoms with Crippen LogP contribution in [-0.4, -0.2) is 55.4 Å². The number of nitrogens with zero attached hydrogens (tertiary/aromatic N) is 1. The van der Waals surface area contributed by atoms with Crippen molar-refractivity contribution in [3.05, 3.63) is 28.0 Å². The van der Waals surface area contributed by atoms with E-state index in [1.54, 1.807) is 0 Å². The van der Waals surface area contributed by atoms with Crippen LogP contribution in [-0.2, 0) is 9.47 Å². The summed E-state index contributed by atoms with van der Waals surface area (Å²) in [6.07, 6.45) is 5.16. The number of halogens is 2. The zero-order chi connectivity index (χ0) is 23.6. The van der Waals surface area contributed by atoms with Gasteiger partial charge >= 0.3 is 6.09 Å². The summed E-state index contributed by atoms with van der Waals surface area (Å²) in [5.74, 6) is 0.793. The Morgan fingerprint density at radius 1 is 1.27 bits per heavy atom. The molecule has 184 valence electrons. The first-order chi connectivity index (χ1) is 15.7. The van der Waals surface area contributed by atoms with Crippen LogP contribution >= 0.6 is 15.9 Å². The number of ether oxygens (including phenoxy) is 2. The van der Waals surface area contributed by atoms with Gasteiger partial charge in [-0.1, -0.05) is 15.9 Å². The van der Waals surface area contributed by atoms with E-state index in [0.29, 0.717) is 17.5 Å². The van der Waals surface area contributed by atoms with E-state index < -0.39 is 5.60 Å². The van der Waals surface area contributed by atoms with Gasteiger partial charge in [-0.15, -0.1) is 0 Å². The number of carbonyl (C=O) groups is 1. The van der Waals surface area contributed by atoms with Gasteiger partial charge in [-0.25, -0.2) is 9.18 Å². The second-order valence-corrected chi connectivity index (χ2v) is 11.6. The number of likely N-dealkylation sites (tertiary alicyclic amines) is 1. The minimum atomic E-state index is -0.445. The Labute approximate surface area is 205 Å². The van der Waals surface area contributed by atoms with Crippen molar-refractivity contribution in [1.82, 2.24) is 10.2 Å². The molecule has 8 heteroatoms. The van der Waals surface area contributed by atoms with E-state index in [2.05, 4.69) is 26.6 Å². The van der Waals surface area contributed by atoms with Crippen LogP contribution in [0.15, 0.2) is 16.6 Å². The van der Waals surface area contributed by atoms with Crippen LogP contribution in [0.25, 0.3) is 0 Å². The van der Waals surface area contributed by atoms with E-state index in [0.717, 1.165) is 74.9 Å². The molecule has 3 aliphatic heterocycles. The number of anilines is 1. The minimum Gasteiger partial charge on any atom is -0.444 e. The Balaban J connectivity index is 1.18. The summed E-state index contributed by atoms with van der Waals surface area (Å²) < 4.78 is 27.1. The van der Waals surface area contributed by atoms with Crippen LogP contribution in [0.4, 0.5) is 14.9 Å². The Bertz CT molecular complexity index is 839. The van der Waals surface area contributed by atoms with Gasteiger partial charge in [0.1, 0.15) is 11.4 Å². The Morgan fingerprint density at radius 2 is 2.03 bits per heavy atom.